The minimum atomic E-state index is -0.0670. The summed E-state index contributed by atoms with van der Waals surface area (Å²) in [4.78, 5) is 12.0. The van der Waals surface area contributed by atoms with Gasteiger partial charge in [-0.3, -0.25) is 4.79 Å². The summed E-state index contributed by atoms with van der Waals surface area (Å²) in [6, 6.07) is 5.37. The standard InChI is InChI=1S/C12H15BrN2O2.ClH/c1-17-9-2-3-11(13)10(4-9)12(16)15-7-8-5-14-6-8;/h2-4,8,14H,5-7H2,1H3,(H,15,16);1H. The van der Waals surface area contributed by atoms with Crippen LogP contribution in [0.25, 0.3) is 0 Å². The Balaban J connectivity index is 0.00000162. The van der Waals surface area contributed by atoms with Crippen LogP contribution in [0.15, 0.2) is 22.7 Å². The smallest absolute Gasteiger partial charge is 0.252 e. The second-order valence-corrected chi connectivity index (χ2v) is 4.93. The molecule has 1 heterocycles. The number of carbonyl (C=O) groups is 1. The topological polar surface area (TPSA) is 50.4 Å². The molecule has 6 heteroatoms. The SMILES string of the molecule is COc1ccc(Br)c(C(=O)NCC2CNC2)c1.Cl. The summed E-state index contributed by atoms with van der Waals surface area (Å²) in [6.45, 7) is 2.69. The number of benzene rings is 1. The van der Waals surface area contributed by atoms with Gasteiger partial charge in [0.05, 0.1) is 12.7 Å². The fourth-order valence-corrected chi connectivity index (χ4v) is 2.06. The molecule has 0 bridgehead atoms. The Hall–Kier alpha value is -0.780. The maximum absolute atomic E-state index is 12.0. The van der Waals surface area contributed by atoms with E-state index in [1.165, 1.54) is 0 Å². The van der Waals surface area contributed by atoms with E-state index >= 15 is 0 Å². The minimum absolute atomic E-state index is 0. The molecule has 0 aliphatic carbocycles. The van der Waals surface area contributed by atoms with Gasteiger partial charge in [0, 0.05) is 30.0 Å². The summed E-state index contributed by atoms with van der Waals surface area (Å²) in [5.74, 6) is 1.18. The van der Waals surface area contributed by atoms with Crippen LogP contribution >= 0.6 is 28.3 Å². The van der Waals surface area contributed by atoms with E-state index in [1.54, 1.807) is 13.2 Å². The summed E-state index contributed by atoms with van der Waals surface area (Å²) in [6.07, 6.45) is 0. The van der Waals surface area contributed by atoms with Crippen LogP contribution in [0.2, 0.25) is 0 Å². The lowest BCUT2D eigenvalue weighted by atomic mass is 10.0. The molecule has 0 aromatic heterocycles. The van der Waals surface area contributed by atoms with E-state index in [0.717, 1.165) is 24.1 Å². The minimum Gasteiger partial charge on any atom is -0.497 e. The van der Waals surface area contributed by atoms with Crippen molar-refractivity contribution in [3.05, 3.63) is 28.2 Å². The Kier molecular flexibility index (Phi) is 5.91. The maximum atomic E-state index is 12.0. The van der Waals surface area contributed by atoms with E-state index in [9.17, 15) is 4.79 Å². The van der Waals surface area contributed by atoms with E-state index in [-0.39, 0.29) is 18.3 Å². The van der Waals surface area contributed by atoms with Crippen molar-refractivity contribution in [1.82, 2.24) is 10.6 Å². The van der Waals surface area contributed by atoms with Crippen LogP contribution in [-0.2, 0) is 0 Å². The second kappa shape index (κ2) is 6.97. The molecule has 1 amide bonds. The van der Waals surface area contributed by atoms with E-state index in [2.05, 4.69) is 26.6 Å². The van der Waals surface area contributed by atoms with Gasteiger partial charge < -0.3 is 15.4 Å². The van der Waals surface area contributed by atoms with E-state index in [4.69, 9.17) is 4.74 Å². The van der Waals surface area contributed by atoms with Gasteiger partial charge in [-0.2, -0.15) is 0 Å². The Morgan fingerprint density at radius 1 is 1.56 bits per heavy atom. The zero-order valence-corrected chi connectivity index (χ0v) is 12.4. The fraction of sp³-hybridized carbons (Fsp3) is 0.417. The summed E-state index contributed by atoms with van der Waals surface area (Å²) in [5.41, 5.74) is 0.608. The third kappa shape index (κ3) is 3.60. The number of ether oxygens (including phenoxy) is 1. The number of methoxy groups -OCH3 is 1. The molecule has 0 radical (unpaired) electrons. The highest BCUT2D eigenvalue weighted by Gasteiger charge is 2.18. The molecular formula is C12H16BrClN2O2. The van der Waals surface area contributed by atoms with Crippen LogP contribution in [0.4, 0.5) is 0 Å². The predicted octanol–water partition coefficient (Wildman–Crippen LogP) is 1.83. The van der Waals surface area contributed by atoms with Gasteiger partial charge in [0.2, 0.25) is 0 Å². The molecule has 2 rings (SSSR count). The third-order valence-electron chi connectivity index (χ3n) is 2.84. The van der Waals surface area contributed by atoms with Gasteiger partial charge in [-0.25, -0.2) is 0 Å². The number of hydrogen-bond acceptors (Lipinski definition) is 3. The number of hydrogen-bond donors (Lipinski definition) is 2. The van der Waals surface area contributed by atoms with Gasteiger partial charge in [-0.1, -0.05) is 0 Å². The van der Waals surface area contributed by atoms with Crippen LogP contribution in [0.1, 0.15) is 10.4 Å². The Bertz CT molecular complexity index is 425. The number of rotatable bonds is 4. The van der Waals surface area contributed by atoms with Crippen molar-refractivity contribution < 1.29 is 9.53 Å². The molecule has 18 heavy (non-hydrogen) atoms. The summed E-state index contributed by atoms with van der Waals surface area (Å²) < 4.78 is 5.89. The van der Waals surface area contributed by atoms with Crippen molar-refractivity contribution in [2.24, 2.45) is 5.92 Å². The molecule has 1 aromatic rings. The van der Waals surface area contributed by atoms with Crippen LogP contribution in [0.3, 0.4) is 0 Å². The number of nitrogens with one attached hydrogen (secondary N) is 2. The van der Waals surface area contributed by atoms with Crippen molar-refractivity contribution in [2.75, 3.05) is 26.7 Å². The molecule has 1 fully saturated rings. The molecule has 0 spiro atoms. The van der Waals surface area contributed by atoms with Gasteiger partial charge in [-0.05, 0) is 34.1 Å². The Morgan fingerprint density at radius 2 is 2.28 bits per heavy atom. The van der Waals surface area contributed by atoms with Crippen molar-refractivity contribution in [2.45, 2.75) is 0 Å². The molecule has 0 unspecified atom stereocenters. The molecule has 1 saturated heterocycles. The van der Waals surface area contributed by atoms with Gasteiger partial charge in [-0.15, -0.1) is 12.4 Å². The molecule has 2 N–H and O–H groups in total. The predicted molar refractivity (Wildman–Crippen MR) is 76.6 cm³/mol. The second-order valence-electron chi connectivity index (χ2n) is 4.08. The summed E-state index contributed by atoms with van der Waals surface area (Å²) in [7, 11) is 1.59. The Labute approximate surface area is 121 Å². The monoisotopic (exact) mass is 334 g/mol. The lowest BCUT2D eigenvalue weighted by molar-refractivity contribution is 0.0941. The first-order valence-electron chi connectivity index (χ1n) is 5.53. The molecule has 1 aromatic carbocycles. The van der Waals surface area contributed by atoms with Crippen LogP contribution in [0.5, 0.6) is 5.75 Å². The number of halogens is 2. The highest BCUT2D eigenvalue weighted by molar-refractivity contribution is 9.10. The van der Waals surface area contributed by atoms with Gasteiger partial charge in [0.25, 0.3) is 5.91 Å². The lowest BCUT2D eigenvalue weighted by Crippen LogP contribution is -2.48. The van der Waals surface area contributed by atoms with Crippen molar-refractivity contribution in [1.29, 1.82) is 0 Å². The largest absolute Gasteiger partial charge is 0.497 e. The average molecular weight is 336 g/mol. The number of carbonyl (C=O) groups excluding carboxylic acids is 1. The van der Waals surface area contributed by atoms with E-state index in [0.29, 0.717) is 17.2 Å². The van der Waals surface area contributed by atoms with Crippen molar-refractivity contribution >= 4 is 34.2 Å². The highest BCUT2D eigenvalue weighted by Crippen LogP contribution is 2.22. The van der Waals surface area contributed by atoms with Crippen LogP contribution in [-0.4, -0.2) is 32.7 Å². The first kappa shape index (κ1) is 15.3. The zero-order valence-electron chi connectivity index (χ0n) is 10.0. The van der Waals surface area contributed by atoms with Crippen molar-refractivity contribution in [3.63, 3.8) is 0 Å². The molecule has 1 aliphatic heterocycles. The van der Waals surface area contributed by atoms with E-state index < -0.39 is 0 Å². The quantitative estimate of drug-likeness (QED) is 0.882. The summed E-state index contributed by atoms with van der Waals surface area (Å²) in [5, 5.41) is 6.10. The molecule has 1 aliphatic rings. The highest BCUT2D eigenvalue weighted by atomic mass is 79.9. The average Bonchev–Trinajstić information content (AvgIpc) is 2.27. The Morgan fingerprint density at radius 3 is 2.83 bits per heavy atom. The molecule has 4 nitrogen and oxygen atoms in total. The number of amides is 1. The molecule has 0 atom stereocenters. The van der Waals surface area contributed by atoms with Crippen molar-refractivity contribution in [3.8, 4) is 5.75 Å². The fourth-order valence-electron chi connectivity index (χ4n) is 1.63. The first-order chi connectivity index (χ1) is 8.20. The normalized spacial score (nSPS) is 14.3. The van der Waals surface area contributed by atoms with Crippen LogP contribution < -0.4 is 15.4 Å². The van der Waals surface area contributed by atoms with Crippen LogP contribution in [0, 0.1) is 5.92 Å². The van der Waals surface area contributed by atoms with Gasteiger partial charge in [0.1, 0.15) is 5.75 Å². The van der Waals surface area contributed by atoms with Gasteiger partial charge in [0.15, 0.2) is 0 Å². The maximum Gasteiger partial charge on any atom is 0.252 e. The zero-order chi connectivity index (χ0) is 12.3. The molecular weight excluding hydrogens is 320 g/mol. The van der Waals surface area contributed by atoms with Gasteiger partial charge >= 0.3 is 0 Å². The third-order valence-corrected chi connectivity index (χ3v) is 3.53. The molecule has 100 valence electrons. The first-order valence-corrected chi connectivity index (χ1v) is 6.32. The molecule has 0 saturated carbocycles. The lowest BCUT2D eigenvalue weighted by Gasteiger charge is -2.27. The van der Waals surface area contributed by atoms with E-state index in [1.807, 2.05) is 12.1 Å². The summed E-state index contributed by atoms with van der Waals surface area (Å²) >= 11 is 3.37.